The molecular formula is C9H6ClF3O2. The van der Waals surface area contributed by atoms with E-state index in [9.17, 15) is 18.0 Å². The average Bonchev–Trinajstić information content (AvgIpc) is 2.16. The zero-order chi connectivity index (χ0) is 11.6. The van der Waals surface area contributed by atoms with Crippen molar-refractivity contribution < 1.29 is 22.7 Å². The van der Waals surface area contributed by atoms with E-state index in [4.69, 9.17) is 11.6 Å². The Morgan fingerprint density at radius 3 is 2.53 bits per heavy atom. The number of carbonyl (C=O) groups excluding carboxylic acids is 1. The van der Waals surface area contributed by atoms with Crippen molar-refractivity contribution in [3.63, 3.8) is 0 Å². The lowest BCUT2D eigenvalue weighted by atomic mass is 10.2. The predicted octanol–water partition coefficient (Wildman–Crippen LogP) is 2.93. The molecular weight excluding hydrogens is 233 g/mol. The van der Waals surface area contributed by atoms with Crippen LogP contribution < -0.4 is 0 Å². The van der Waals surface area contributed by atoms with Crippen LogP contribution in [0.2, 0.25) is 5.02 Å². The minimum absolute atomic E-state index is 0.0489. The van der Waals surface area contributed by atoms with Crippen LogP contribution in [-0.2, 0) is 4.74 Å². The lowest BCUT2D eigenvalue weighted by Gasteiger charge is -2.06. The fourth-order valence-electron chi connectivity index (χ4n) is 0.956. The van der Waals surface area contributed by atoms with Crippen LogP contribution in [0.3, 0.4) is 0 Å². The Bertz CT molecular complexity index is 381. The van der Waals surface area contributed by atoms with E-state index in [-0.39, 0.29) is 12.7 Å². The number of halogens is 4. The largest absolute Gasteiger partial charge is 0.462 e. The molecule has 0 aromatic heterocycles. The maximum atomic E-state index is 13.1. The molecule has 0 aliphatic carbocycles. The van der Waals surface area contributed by atoms with Crippen LogP contribution in [0.15, 0.2) is 6.07 Å². The Kier molecular flexibility index (Phi) is 3.57. The van der Waals surface area contributed by atoms with Crippen molar-refractivity contribution in [2.24, 2.45) is 0 Å². The van der Waals surface area contributed by atoms with E-state index in [1.165, 1.54) is 6.92 Å². The van der Waals surface area contributed by atoms with Crippen molar-refractivity contribution in [2.75, 3.05) is 6.61 Å². The fraction of sp³-hybridized carbons (Fsp3) is 0.222. The van der Waals surface area contributed by atoms with Gasteiger partial charge in [-0.2, -0.15) is 0 Å². The van der Waals surface area contributed by atoms with Crippen molar-refractivity contribution in [1.82, 2.24) is 0 Å². The highest BCUT2D eigenvalue weighted by Crippen LogP contribution is 2.25. The third-order valence-corrected chi connectivity index (χ3v) is 1.96. The molecule has 1 aromatic carbocycles. The first-order chi connectivity index (χ1) is 6.99. The molecule has 15 heavy (non-hydrogen) atoms. The Labute approximate surface area is 88.6 Å². The van der Waals surface area contributed by atoms with Crippen LogP contribution in [0.1, 0.15) is 17.3 Å². The zero-order valence-electron chi connectivity index (χ0n) is 7.61. The first kappa shape index (κ1) is 11.8. The van der Waals surface area contributed by atoms with Gasteiger partial charge >= 0.3 is 5.97 Å². The summed E-state index contributed by atoms with van der Waals surface area (Å²) < 4.78 is 43.1. The molecule has 0 spiro atoms. The van der Waals surface area contributed by atoms with Gasteiger partial charge in [-0.3, -0.25) is 0 Å². The van der Waals surface area contributed by atoms with Gasteiger partial charge in [-0.05, 0) is 6.92 Å². The molecule has 6 heteroatoms. The molecule has 0 aliphatic heterocycles. The van der Waals surface area contributed by atoms with Gasteiger partial charge in [0.1, 0.15) is 11.4 Å². The second-order valence-electron chi connectivity index (χ2n) is 2.56. The summed E-state index contributed by atoms with van der Waals surface area (Å²) in [6.45, 7) is 1.42. The summed E-state index contributed by atoms with van der Waals surface area (Å²) in [6.07, 6.45) is 0. The van der Waals surface area contributed by atoms with E-state index in [0.717, 1.165) is 0 Å². The van der Waals surface area contributed by atoms with Gasteiger partial charge in [0.2, 0.25) is 0 Å². The van der Waals surface area contributed by atoms with Crippen LogP contribution >= 0.6 is 11.6 Å². The third-order valence-electron chi connectivity index (χ3n) is 1.59. The summed E-state index contributed by atoms with van der Waals surface area (Å²) in [5.74, 6) is -5.41. The summed E-state index contributed by atoms with van der Waals surface area (Å²) in [7, 11) is 0. The second kappa shape index (κ2) is 4.53. The van der Waals surface area contributed by atoms with Gasteiger partial charge in [-0.25, -0.2) is 18.0 Å². The summed E-state index contributed by atoms with van der Waals surface area (Å²) >= 11 is 5.32. The van der Waals surface area contributed by atoms with Crippen molar-refractivity contribution in [3.05, 3.63) is 34.1 Å². The number of ether oxygens (including phenoxy) is 1. The van der Waals surface area contributed by atoms with Crippen molar-refractivity contribution >= 4 is 17.6 Å². The highest BCUT2D eigenvalue weighted by atomic mass is 35.5. The molecule has 0 atom stereocenters. The SMILES string of the molecule is CCOC(=O)c1c(F)c(F)cc(F)c1Cl. The molecule has 82 valence electrons. The molecule has 0 amide bonds. The Morgan fingerprint density at radius 2 is 2.00 bits per heavy atom. The van der Waals surface area contributed by atoms with Gasteiger partial charge in [-0.1, -0.05) is 11.6 Å². The summed E-state index contributed by atoms with van der Waals surface area (Å²) in [6, 6.07) is 0.264. The number of esters is 1. The van der Waals surface area contributed by atoms with E-state index in [1.807, 2.05) is 0 Å². The normalized spacial score (nSPS) is 10.2. The topological polar surface area (TPSA) is 26.3 Å². The maximum Gasteiger partial charge on any atom is 0.342 e. The zero-order valence-corrected chi connectivity index (χ0v) is 8.37. The van der Waals surface area contributed by atoms with Gasteiger partial charge in [0.25, 0.3) is 0 Å². The van der Waals surface area contributed by atoms with E-state index in [2.05, 4.69) is 4.74 Å². The molecule has 1 aromatic rings. The van der Waals surface area contributed by atoms with E-state index < -0.39 is 34.0 Å². The monoisotopic (exact) mass is 238 g/mol. The lowest BCUT2D eigenvalue weighted by molar-refractivity contribution is 0.0519. The van der Waals surface area contributed by atoms with Crippen molar-refractivity contribution in [2.45, 2.75) is 6.92 Å². The third kappa shape index (κ3) is 2.23. The van der Waals surface area contributed by atoms with Crippen LogP contribution in [0, 0.1) is 17.5 Å². The second-order valence-corrected chi connectivity index (χ2v) is 2.94. The summed E-state index contributed by atoms with van der Waals surface area (Å²) in [4.78, 5) is 11.1. The molecule has 0 radical (unpaired) electrons. The first-order valence-electron chi connectivity index (χ1n) is 3.99. The molecule has 0 saturated heterocycles. The molecule has 0 fully saturated rings. The highest BCUT2D eigenvalue weighted by Gasteiger charge is 2.24. The average molecular weight is 239 g/mol. The Hall–Kier alpha value is -1.23. The van der Waals surface area contributed by atoms with Gasteiger partial charge in [0.15, 0.2) is 11.6 Å². The van der Waals surface area contributed by atoms with E-state index >= 15 is 0 Å². The predicted molar refractivity (Wildman–Crippen MR) is 47.3 cm³/mol. The van der Waals surface area contributed by atoms with Crippen LogP contribution in [0.5, 0.6) is 0 Å². The van der Waals surface area contributed by atoms with Gasteiger partial charge in [0, 0.05) is 6.07 Å². The van der Waals surface area contributed by atoms with Crippen LogP contribution in [-0.4, -0.2) is 12.6 Å². The number of carbonyl (C=O) groups is 1. The lowest BCUT2D eigenvalue weighted by Crippen LogP contribution is -2.10. The molecule has 0 bridgehead atoms. The van der Waals surface area contributed by atoms with E-state index in [1.54, 1.807) is 0 Å². The molecule has 0 N–H and O–H groups in total. The molecule has 0 heterocycles. The van der Waals surface area contributed by atoms with Gasteiger partial charge in [-0.15, -0.1) is 0 Å². The first-order valence-corrected chi connectivity index (χ1v) is 4.37. The number of hydrogen-bond donors (Lipinski definition) is 0. The standard InChI is InChI=1S/C9H6ClF3O2/c1-2-15-9(14)6-7(10)4(11)3-5(12)8(6)13/h3H,2H2,1H3. The van der Waals surface area contributed by atoms with E-state index in [0.29, 0.717) is 0 Å². The van der Waals surface area contributed by atoms with Crippen LogP contribution in [0.4, 0.5) is 13.2 Å². The number of benzene rings is 1. The highest BCUT2D eigenvalue weighted by molar-refractivity contribution is 6.33. The minimum Gasteiger partial charge on any atom is -0.462 e. The Morgan fingerprint density at radius 1 is 1.40 bits per heavy atom. The molecule has 0 unspecified atom stereocenters. The summed E-state index contributed by atoms with van der Waals surface area (Å²) in [5.41, 5.74) is -0.920. The van der Waals surface area contributed by atoms with Crippen molar-refractivity contribution in [3.8, 4) is 0 Å². The van der Waals surface area contributed by atoms with Gasteiger partial charge in [0.05, 0.1) is 11.6 Å². The maximum absolute atomic E-state index is 13.1. The Balaban J connectivity index is 3.32. The van der Waals surface area contributed by atoms with Crippen LogP contribution in [0.25, 0.3) is 0 Å². The fourth-order valence-corrected chi connectivity index (χ4v) is 1.17. The van der Waals surface area contributed by atoms with Gasteiger partial charge < -0.3 is 4.74 Å². The number of hydrogen-bond acceptors (Lipinski definition) is 2. The molecule has 1 rings (SSSR count). The number of rotatable bonds is 2. The molecule has 0 saturated carbocycles. The molecule has 2 nitrogen and oxygen atoms in total. The van der Waals surface area contributed by atoms with Crippen molar-refractivity contribution in [1.29, 1.82) is 0 Å². The quantitative estimate of drug-likeness (QED) is 0.585. The molecule has 0 aliphatic rings. The summed E-state index contributed by atoms with van der Waals surface area (Å²) in [5, 5.41) is -0.785. The smallest absolute Gasteiger partial charge is 0.342 e. The minimum atomic E-state index is -1.51.